The third-order valence-electron chi connectivity index (χ3n) is 4.76. The number of ether oxygens (including phenoxy) is 1. The normalized spacial score (nSPS) is 23.8. The highest BCUT2D eigenvalue weighted by atomic mass is 16.5. The molecule has 25 heavy (non-hydrogen) atoms. The number of anilines is 1. The van der Waals surface area contributed by atoms with Gasteiger partial charge in [-0.3, -0.25) is 9.69 Å². The second-order valence-corrected chi connectivity index (χ2v) is 6.68. The highest BCUT2D eigenvalue weighted by molar-refractivity contribution is 5.99. The number of carbonyl (C=O) groups is 2. The lowest BCUT2D eigenvalue weighted by Gasteiger charge is -2.21. The summed E-state index contributed by atoms with van der Waals surface area (Å²) in [7, 11) is 2.02. The van der Waals surface area contributed by atoms with Crippen LogP contribution in [0.1, 0.15) is 22.8 Å². The molecule has 2 fully saturated rings. The van der Waals surface area contributed by atoms with Gasteiger partial charge in [-0.05, 0) is 38.6 Å². The standard InChI is InChI=1S/C18H26N4O3/c1-4-25-16-11-21(3)10-14(16)20-17(23)13-6-5-12(2)15(9-13)22-8-7-19-18(22)24/h5-6,9,14,16H,4,7-8,10-11H2,1-3H3,(H,19,24)(H,20,23)/t14-,16-/m0/s1. The van der Waals surface area contributed by atoms with Gasteiger partial charge in [-0.1, -0.05) is 6.07 Å². The molecule has 2 heterocycles. The first-order valence-electron chi connectivity index (χ1n) is 8.76. The summed E-state index contributed by atoms with van der Waals surface area (Å²) in [6, 6.07) is 5.34. The predicted octanol–water partition coefficient (Wildman–Crippen LogP) is 0.974. The Morgan fingerprint density at radius 3 is 2.88 bits per heavy atom. The molecule has 0 bridgehead atoms. The van der Waals surface area contributed by atoms with Gasteiger partial charge >= 0.3 is 6.03 Å². The number of rotatable bonds is 5. The second kappa shape index (κ2) is 7.41. The summed E-state index contributed by atoms with van der Waals surface area (Å²) in [6.45, 7) is 7.35. The fourth-order valence-electron chi connectivity index (χ4n) is 3.48. The molecule has 3 rings (SSSR count). The van der Waals surface area contributed by atoms with Gasteiger partial charge in [0.15, 0.2) is 0 Å². The van der Waals surface area contributed by atoms with Crippen molar-refractivity contribution in [3.05, 3.63) is 29.3 Å². The van der Waals surface area contributed by atoms with Crippen molar-refractivity contribution in [2.45, 2.75) is 26.0 Å². The molecule has 0 unspecified atom stereocenters. The van der Waals surface area contributed by atoms with Crippen molar-refractivity contribution in [3.8, 4) is 0 Å². The minimum atomic E-state index is -0.133. The van der Waals surface area contributed by atoms with Gasteiger partial charge in [-0.2, -0.15) is 0 Å². The van der Waals surface area contributed by atoms with Crippen LogP contribution in [-0.2, 0) is 4.74 Å². The first kappa shape index (κ1) is 17.7. The molecule has 1 aromatic carbocycles. The summed E-state index contributed by atoms with van der Waals surface area (Å²) in [6.07, 6.45) is 0.00762. The summed E-state index contributed by atoms with van der Waals surface area (Å²) in [5.41, 5.74) is 2.32. The fourth-order valence-corrected chi connectivity index (χ4v) is 3.48. The highest BCUT2D eigenvalue weighted by Crippen LogP contribution is 2.23. The van der Waals surface area contributed by atoms with E-state index in [4.69, 9.17) is 4.74 Å². The first-order chi connectivity index (χ1) is 12.0. The Morgan fingerprint density at radius 2 is 2.20 bits per heavy atom. The van der Waals surface area contributed by atoms with Gasteiger partial charge in [0.2, 0.25) is 0 Å². The van der Waals surface area contributed by atoms with E-state index in [1.54, 1.807) is 17.0 Å². The molecule has 0 aliphatic carbocycles. The van der Waals surface area contributed by atoms with Crippen LogP contribution in [-0.4, -0.2) is 68.8 Å². The van der Waals surface area contributed by atoms with Gasteiger partial charge in [0.1, 0.15) is 0 Å². The molecule has 0 aromatic heterocycles. The van der Waals surface area contributed by atoms with E-state index >= 15 is 0 Å². The van der Waals surface area contributed by atoms with Gasteiger partial charge in [-0.15, -0.1) is 0 Å². The van der Waals surface area contributed by atoms with Crippen molar-refractivity contribution in [3.63, 3.8) is 0 Å². The lowest BCUT2D eigenvalue weighted by atomic mass is 10.1. The average molecular weight is 346 g/mol. The van der Waals surface area contributed by atoms with Gasteiger partial charge < -0.3 is 20.3 Å². The van der Waals surface area contributed by atoms with Crippen LogP contribution in [0.5, 0.6) is 0 Å². The number of hydrogen-bond donors (Lipinski definition) is 2. The van der Waals surface area contributed by atoms with E-state index in [1.165, 1.54) is 0 Å². The largest absolute Gasteiger partial charge is 0.375 e. The minimum Gasteiger partial charge on any atom is -0.375 e. The van der Waals surface area contributed by atoms with Crippen molar-refractivity contribution < 1.29 is 14.3 Å². The molecule has 7 nitrogen and oxygen atoms in total. The number of benzene rings is 1. The number of likely N-dealkylation sites (N-methyl/N-ethyl adjacent to an activating group) is 1. The molecule has 0 radical (unpaired) electrons. The molecule has 2 aliphatic heterocycles. The minimum absolute atomic E-state index is 0.00762. The molecule has 0 spiro atoms. The number of aryl methyl sites for hydroxylation is 1. The number of likely N-dealkylation sites (tertiary alicyclic amines) is 1. The number of amides is 3. The van der Waals surface area contributed by atoms with Crippen LogP contribution in [0, 0.1) is 6.92 Å². The maximum Gasteiger partial charge on any atom is 0.322 e. The second-order valence-electron chi connectivity index (χ2n) is 6.68. The number of carbonyl (C=O) groups excluding carboxylic acids is 2. The number of urea groups is 1. The van der Waals surface area contributed by atoms with E-state index in [1.807, 2.05) is 27.0 Å². The third-order valence-corrected chi connectivity index (χ3v) is 4.76. The van der Waals surface area contributed by atoms with E-state index in [0.717, 1.165) is 24.3 Å². The number of nitrogens with one attached hydrogen (secondary N) is 2. The Bertz CT molecular complexity index is 664. The molecular weight excluding hydrogens is 320 g/mol. The smallest absolute Gasteiger partial charge is 0.322 e. The summed E-state index contributed by atoms with van der Waals surface area (Å²) < 4.78 is 5.74. The quantitative estimate of drug-likeness (QED) is 0.833. The molecule has 7 heteroatoms. The van der Waals surface area contributed by atoms with Gasteiger partial charge in [0, 0.05) is 44.0 Å². The molecule has 0 saturated carbocycles. The van der Waals surface area contributed by atoms with Crippen LogP contribution in [0.2, 0.25) is 0 Å². The van der Waals surface area contributed by atoms with Crippen LogP contribution in [0.3, 0.4) is 0 Å². The lowest BCUT2D eigenvalue weighted by molar-refractivity contribution is 0.0513. The first-order valence-corrected chi connectivity index (χ1v) is 8.76. The monoisotopic (exact) mass is 346 g/mol. The topological polar surface area (TPSA) is 73.9 Å². The molecule has 1 aromatic rings. The van der Waals surface area contributed by atoms with E-state index in [-0.39, 0.29) is 24.1 Å². The summed E-state index contributed by atoms with van der Waals surface area (Å²) in [5, 5.41) is 5.88. The van der Waals surface area contributed by atoms with Crippen LogP contribution in [0.25, 0.3) is 0 Å². The van der Waals surface area contributed by atoms with Gasteiger partial charge in [0.25, 0.3) is 5.91 Å². The highest BCUT2D eigenvalue weighted by Gasteiger charge is 2.33. The maximum atomic E-state index is 12.7. The lowest BCUT2D eigenvalue weighted by Crippen LogP contribution is -2.44. The van der Waals surface area contributed by atoms with Crippen LogP contribution >= 0.6 is 0 Å². The molecule has 2 saturated heterocycles. The Balaban J connectivity index is 1.75. The van der Waals surface area contributed by atoms with Crippen molar-refractivity contribution >= 4 is 17.6 Å². The molecule has 2 atom stereocenters. The fraction of sp³-hybridized carbons (Fsp3) is 0.556. The van der Waals surface area contributed by atoms with E-state index in [9.17, 15) is 9.59 Å². The predicted molar refractivity (Wildman–Crippen MR) is 96.1 cm³/mol. The zero-order valence-corrected chi connectivity index (χ0v) is 15.0. The molecule has 136 valence electrons. The Hall–Kier alpha value is -2.12. The van der Waals surface area contributed by atoms with Crippen LogP contribution in [0.4, 0.5) is 10.5 Å². The number of nitrogens with zero attached hydrogens (tertiary/aromatic N) is 2. The zero-order valence-electron chi connectivity index (χ0n) is 15.0. The van der Waals surface area contributed by atoms with E-state index in [2.05, 4.69) is 15.5 Å². The molecular formula is C18H26N4O3. The number of hydrogen-bond acceptors (Lipinski definition) is 4. The Morgan fingerprint density at radius 1 is 1.40 bits per heavy atom. The van der Waals surface area contributed by atoms with E-state index in [0.29, 0.717) is 25.3 Å². The van der Waals surface area contributed by atoms with Gasteiger partial charge in [0.05, 0.1) is 12.1 Å². The zero-order chi connectivity index (χ0) is 18.0. The Labute approximate surface area is 148 Å². The molecule has 2 aliphatic rings. The van der Waals surface area contributed by atoms with Crippen molar-refractivity contribution in [2.75, 3.05) is 44.7 Å². The van der Waals surface area contributed by atoms with E-state index < -0.39 is 0 Å². The summed E-state index contributed by atoms with van der Waals surface area (Å²) >= 11 is 0. The third kappa shape index (κ3) is 3.77. The van der Waals surface area contributed by atoms with Crippen molar-refractivity contribution in [1.29, 1.82) is 0 Å². The van der Waals surface area contributed by atoms with Crippen molar-refractivity contribution in [1.82, 2.24) is 15.5 Å². The average Bonchev–Trinajstić information content (AvgIpc) is 3.14. The van der Waals surface area contributed by atoms with Crippen LogP contribution in [0.15, 0.2) is 18.2 Å². The van der Waals surface area contributed by atoms with Gasteiger partial charge in [-0.25, -0.2) is 4.79 Å². The Kier molecular flexibility index (Phi) is 5.24. The maximum absolute atomic E-state index is 12.7. The SMILES string of the molecule is CCO[C@H]1CN(C)C[C@@H]1NC(=O)c1ccc(C)c(N2CCNC2=O)c1. The molecule has 2 N–H and O–H groups in total. The van der Waals surface area contributed by atoms with Crippen molar-refractivity contribution in [2.24, 2.45) is 0 Å². The molecule has 3 amide bonds. The van der Waals surface area contributed by atoms with Crippen LogP contribution < -0.4 is 15.5 Å². The summed E-state index contributed by atoms with van der Waals surface area (Å²) in [4.78, 5) is 28.5. The summed E-state index contributed by atoms with van der Waals surface area (Å²) in [5.74, 6) is -0.133.